The number of fused-ring (bicyclic) bond motifs is 1. The zero-order chi connectivity index (χ0) is 21.0. The molecule has 3 rings (SSSR count). The van der Waals surface area contributed by atoms with Crippen molar-refractivity contribution in [3.8, 4) is 6.07 Å². The Kier molecular flexibility index (Phi) is 6.94. The van der Waals surface area contributed by atoms with Crippen LogP contribution in [0.1, 0.15) is 41.8 Å². The van der Waals surface area contributed by atoms with E-state index in [1.54, 1.807) is 11.3 Å². The van der Waals surface area contributed by atoms with Crippen LogP contribution in [-0.4, -0.2) is 33.1 Å². The minimum atomic E-state index is -0.0186. The summed E-state index contributed by atoms with van der Waals surface area (Å²) in [5, 5.41) is 13.4. The summed E-state index contributed by atoms with van der Waals surface area (Å²) in [7, 11) is 4.06. The topological polar surface area (TPSA) is 60.6 Å². The standard InChI is InChI=1S/C23H30N4OS/c1-5-27(14-17-7-9-18(10-8-17)26(3)4)15-22(28)25-23-20(13-24)19-11-6-16(2)12-21(19)29-23/h7-10,16H,5-6,11-12,14-15H2,1-4H3,(H,25,28)/p+1/t16-/m0/s1. The van der Waals surface area contributed by atoms with Crippen molar-refractivity contribution in [3.05, 3.63) is 45.8 Å². The van der Waals surface area contributed by atoms with Crippen molar-refractivity contribution in [2.24, 2.45) is 5.92 Å². The normalized spacial score (nSPS) is 16.6. The van der Waals surface area contributed by atoms with E-state index in [4.69, 9.17) is 0 Å². The van der Waals surface area contributed by atoms with Gasteiger partial charge in [0.15, 0.2) is 6.54 Å². The molecular formula is C23H31N4OS+. The van der Waals surface area contributed by atoms with Crippen LogP contribution in [0.2, 0.25) is 0 Å². The lowest BCUT2D eigenvalue weighted by molar-refractivity contribution is -0.903. The highest BCUT2D eigenvalue weighted by Crippen LogP contribution is 2.39. The first-order valence-electron chi connectivity index (χ1n) is 10.4. The van der Waals surface area contributed by atoms with E-state index < -0.39 is 0 Å². The Morgan fingerprint density at radius 3 is 2.69 bits per heavy atom. The number of quaternary nitrogens is 1. The van der Waals surface area contributed by atoms with Crippen LogP contribution in [0.4, 0.5) is 10.7 Å². The molecule has 1 aliphatic rings. The Hall–Kier alpha value is -2.36. The lowest BCUT2D eigenvalue weighted by Crippen LogP contribution is -3.11. The van der Waals surface area contributed by atoms with Gasteiger partial charge >= 0.3 is 0 Å². The zero-order valence-corrected chi connectivity index (χ0v) is 18.7. The van der Waals surface area contributed by atoms with E-state index in [0.29, 0.717) is 18.0 Å². The van der Waals surface area contributed by atoms with Gasteiger partial charge in [-0.15, -0.1) is 11.3 Å². The summed E-state index contributed by atoms with van der Waals surface area (Å²) >= 11 is 1.59. The summed E-state index contributed by atoms with van der Waals surface area (Å²) in [6, 6.07) is 10.8. The monoisotopic (exact) mass is 411 g/mol. The average molecular weight is 412 g/mol. The predicted molar refractivity (Wildman–Crippen MR) is 120 cm³/mol. The first-order valence-corrected chi connectivity index (χ1v) is 11.2. The van der Waals surface area contributed by atoms with Crippen molar-refractivity contribution in [2.45, 2.75) is 39.7 Å². The molecule has 5 nitrogen and oxygen atoms in total. The van der Waals surface area contributed by atoms with E-state index >= 15 is 0 Å². The number of hydrogen-bond acceptors (Lipinski definition) is 4. The van der Waals surface area contributed by atoms with Gasteiger partial charge < -0.3 is 15.1 Å². The smallest absolute Gasteiger partial charge is 0.280 e. The summed E-state index contributed by atoms with van der Waals surface area (Å²) < 4.78 is 0. The highest BCUT2D eigenvalue weighted by atomic mass is 32.1. The van der Waals surface area contributed by atoms with Crippen molar-refractivity contribution < 1.29 is 9.69 Å². The summed E-state index contributed by atoms with van der Waals surface area (Å²) in [4.78, 5) is 17.3. The van der Waals surface area contributed by atoms with Gasteiger partial charge in [0.25, 0.3) is 5.91 Å². The number of rotatable bonds is 7. The molecule has 0 fully saturated rings. The van der Waals surface area contributed by atoms with E-state index in [1.165, 1.54) is 21.0 Å². The maximum absolute atomic E-state index is 12.7. The van der Waals surface area contributed by atoms with Crippen molar-refractivity contribution in [2.75, 3.05) is 37.4 Å². The SMILES string of the molecule is CC[NH+](CC(=O)Nc1sc2c(c1C#N)CC[C@H](C)C2)Cc1ccc(N(C)C)cc1. The molecular weight excluding hydrogens is 380 g/mol. The van der Waals surface area contributed by atoms with Gasteiger partial charge in [-0.2, -0.15) is 5.26 Å². The predicted octanol–water partition coefficient (Wildman–Crippen LogP) is 2.85. The van der Waals surface area contributed by atoms with Crippen LogP contribution >= 0.6 is 11.3 Å². The number of amides is 1. The minimum absolute atomic E-state index is 0.0186. The molecule has 0 spiro atoms. The fraction of sp³-hybridized carbons (Fsp3) is 0.478. The van der Waals surface area contributed by atoms with Crippen LogP contribution in [0.3, 0.4) is 0 Å². The molecule has 0 saturated heterocycles. The Labute approximate surface area is 177 Å². The molecule has 2 aromatic rings. The first-order chi connectivity index (χ1) is 13.9. The molecule has 2 atom stereocenters. The molecule has 1 aliphatic carbocycles. The molecule has 0 saturated carbocycles. The second-order valence-electron chi connectivity index (χ2n) is 8.23. The number of hydrogen-bond donors (Lipinski definition) is 2. The first kappa shape index (κ1) is 21.4. The number of anilines is 2. The third-order valence-electron chi connectivity index (χ3n) is 5.69. The average Bonchev–Trinajstić information content (AvgIpc) is 3.03. The van der Waals surface area contributed by atoms with Gasteiger partial charge in [-0.25, -0.2) is 0 Å². The molecule has 29 heavy (non-hydrogen) atoms. The molecule has 0 radical (unpaired) electrons. The largest absolute Gasteiger partial charge is 0.378 e. The maximum Gasteiger partial charge on any atom is 0.280 e. The van der Waals surface area contributed by atoms with Crippen LogP contribution < -0.4 is 15.1 Å². The Morgan fingerprint density at radius 1 is 1.34 bits per heavy atom. The summed E-state index contributed by atoms with van der Waals surface area (Å²) in [6.07, 6.45) is 3.08. The summed E-state index contributed by atoms with van der Waals surface area (Å²) in [5.74, 6) is 0.630. The van der Waals surface area contributed by atoms with Crippen LogP contribution in [-0.2, 0) is 24.2 Å². The van der Waals surface area contributed by atoms with Gasteiger partial charge in [-0.05, 0) is 49.8 Å². The summed E-state index contributed by atoms with van der Waals surface area (Å²) in [5.41, 5.74) is 4.23. The molecule has 1 aromatic heterocycles. The molecule has 0 aliphatic heterocycles. The maximum atomic E-state index is 12.7. The molecule has 1 heterocycles. The second-order valence-corrected chi connectivity index (χ2v) is 9.34. The fourth-order valence-corrected chi connectivity index (χ4v) is 5.25. The van der Waals surface area contributed by atoms with Gasteiger partial charge in [-0.3, -0.25) is 4.79 Å². The fourth-order valence-electron chi connectivity index (χ4n) is 3.87. The molecule has 2 N–H and O–H groups in total. The van der Waals surface area contributed by atoms with Crippen molar-refractivity contribution in [3.63, 3.8) is 0 Å². The molecule has 154 valence electrons. The van der Waals surface area contributed by atoms with Crippen molar-refractivity contribution >= 4 is 27.9 Å². The van der Waals surface area contributed by atoms with Crippen molar-refractivity contribution in [1.82, 2.24) is 0 Å². The number of thiophene rings is 1. The number of nitriles is 1. The lowest BCUT2D eigenvalue weighted by atomic mass is 9.89. The number of benzene rings is 1. The third-order valence-corrected chi connectivity index (χ3v) is 6.86. The zero-order valence-electron chi connectivity index (χ0n) is 17.8. The van der Waals surface area contributed by atoms with E-state index in [2.05, 4.69) is 54.4 Å². The van der Waals surface area contributed by atoms with E-state index in [9.17, 15) is 10.1 Å². The number of nitrogens with one attached hydrogen (secondary N) is 2. The molecule has 1 amide bonds. The highest BCUT2D eigenvalue weighted by Gasteiger charge is 2.25. The molecule has 6 heteroatoms. The van der Waals surface area contributed by atoms with Gasteiger partial charge in [0.1, 0.15) is 17.6 Å². The highest BCUT2D eigenvalue weighted by molar-refractivity contribution is 7.16. The quantitative estimate of drug-likeness (QED) is 0.737. The molecule has 0 bridgehead atoms. The number of nitrogens with zero attached hydrogens (tertiary/aromatic N) is 2. The lowest BCUT2D eigenvalue weighted by Gasteiger charge is -2.18. The number of carbonyl (C=O) groups is 1. The van der Waals surface area contributed by atoms with Gasteiger partial charge in [0, 0.05) is 30.2 Å². The van der Waals surface area contributed by atoms with Gasteiger partial charge in [0.05, 0.1) is 12.1 Å². The van der Waals surface area contributed by atoms with Gasteiger partial charge in [-0.1, -0.05) is 19.1 Å². The Balaban J connectivity index is 1.64. The summed E-state index contributed by atoms with van der Waals surface area (Å²) in [6.45, 7) is 6.42. The van der Waals surface area contributed by atoms with Crippen LogP contribution in [0.5, 0.6) is 0 Å². The second kappa shape index (κ2) is 9.43. The van der Waals surface area contributed by atoms with Crippen LogP contribution in [0.15, 0.2) is 24.3 Å². The number of likely N-dealkylation sites (N-methyl/N-ethyl adjacent to an activating group) is 1. The Bertz CT molecular complexity index is 895. The number of carbonyl (C=O) groups excluding carboxylic acids is 1. The Morgan fingerprint density at radius 2 is 2.07 bits per heavy atom. The minimum Gasteiger partial charge on any atom is -0.378 e. The molecule has 1 aromatic carbocycles. The third kappa shape index (κ3) is 5.17. The van der Waals surface area contributed by atoms with Crippen molar-refractivity contribution in [1.29, 1.82) is 5.26 Å². The molecule has 1 unspecified atom stereocenters. The van der Waals surface area contributed by atoms with E-state index in [1.807, 2.05) is 14.1 Å². The van der Waals surface area contributed by atoms with Gasteiger partial charge in [0.2, 0.25) is 0 Å². The van der Waals surface area contributed by atoms with Crippen LogP contribution in [0, 0.1) is 17.2 Å². The van der Waals surface area contributed by atoms with Crippen LogP contribution in [0.25, 0.3) is 0 Å². The van der Waals surface area contributed by atoms with E-state index in [-0.39, 0.29) is 5.91 Å². The van der Waals surface area contributed by atoms with E-state index in [0.717, 1.165) is 42.9 Å².